The number of rotatable bonds is 1. The van der Waals surface area contributed by atoms with Crippen molar-refractivity contribution < 1.29 is 23.6 Å². The molecular weight excluding hydrogens is 251 g/mol. The molecule has 2 nitrogen and oxygen atoms in total. The number of alkyl halides is 3. The summed E-state index contributed by atoms with van der Waals surface area (Å²) in [6, 6.07) is 3.86. The van der Waals surface area contributed by atoms with Gasteiger partial charge in [0.05, 0.1) is 4.47 Å². The van der Waals surface area contributed by atoms with E-state index in [1.165, 1.54) is 18.2 Å². The van der Waals surface area contributed by atoms with Crippen LogP contribution in [0.4, 0.5) is 18.9 Å². The molecule has 0 aliphatic heterocycles. The second kappa shape index (κ2) is 3.55. The van der Waals surface area contributed by atoms with Crippen LogP contribution < -0.4 is 10.5 Å². The molecule has 0 spiro atoms. The first-order valence-corrected chi connectivity index (χ1v) is 4.05. The molecule has 6 heteroatoms. The Labute approximate surface area is 80.6 Å². The molecule has 1 rings (SSSR count). The lowest BCUT2D eigenvalue weighted by atomic mass is 10.3. The van der Waals surface area contributed by atoms with Crippen molar-refractivity contribution in [3.63, 3.8) is 0 Å². The Kier molecular flexibility index (Phi) is 2.82. The van der Waals surface area contributed by atoms with E-state index in [1.54, 1.807) is 0 Å². The third-order valence-corrected chi connectivity index (χ3v) is 2.00. The summed E-state index contributed by atoms with van der Waals surface area (Å²) in [5.74, 6) is -0.258. The average molecular weight is 257 g/mol. The molecule has 0 aromatic heterocycles. The third kappa shape index (κ3) is 3.23. The zero-order valence-electron chi connectivity index (χ0n) is 6.36. The molecule has 1 aromatic carbocycles. The molecule has 0 aliphatic rings. The van der Waals surface area contributed by atoms with E-state index in [0.717, 1.165) is 0 Å². The van der Waals surface area contributed by atoms with Crippen LogP contribution in [0.25, 0.3) is 0 Å². The minimum atomic E-state index is -4.65. The highest BCUT2D eigenvalue weighted by Gasteiger charge is 2.31. The van der Waals surface area contributed by atoms with Crippen LogP contribution in [0.2, 0.25) is 0 Å². The Bertz CT molecular complexity index is 313. The minimum Gasteiger partial charge on any atom is -0.406 e. The second-order valence-electron chi connectivity index (χ2n) is 2.30. The van der Waals surface area contributed by atoms with Crippen LogP contribution in [-0.4, -0.2) is 6.36 Å². The van der Waals surface area contributed by atoms with Crippen molar-refractivity contribution in [2.75, 3.05) is 0 Å². The lowest BCUT2D eigenvalue weighted by molar-refractivity contribution is -0.275. The molecule has 0 unspecified atom stereocenters. The van der Waals surface area contributed by atoms with E-state index in [-0.39, 0.29) is 5.75 Å². The maximum Gasteiger partial charge on any atom is 0.573 e. The molecule has 1 aromatic rings. The normalized spacial score (nSPS) is 11.5. The minimum absolute atomic E-state index is 0.258. The van der Waals surface area contributed by atoms with Gasteiger partial charge in [-0.15, -0.1) is 13.2 Å². The molecule has 0 bridgehead atoms. The Morgan fingerprint density at radius 2 is 1.92 bits per heavy atom. The number of benzene rings is 1. The summed E-state index contributed by atoms with van der Waals surface area (Å²) in [6.45, 7) is 0. The van der Waals surface area contributed by atoms with Gasteiger partial charge >= 0.3 is 6.36 Å². The number of hydrogen-bond acceptors (Lipinski definition) is 1. The highest BCUT2D eigenvalue weighted by Crippen LogP contribution is 2.27. The molecule has 0 radical (unpaired) electrons. The highest BCUT2D eigenvalue weighted by molar-refractivity contribution is 9.10. The highest BCUT2D eigenvalue weighted by atomic mass is 79.9. The molecule has 0 atom stereocenters. The van der Waals surface area contributed by atoms with Gasteiger partial charge in [0.1, 0.15) is 11.4 Å². The Hall–Kier alpha value is -0.750. The lowest BCUT2D eigenvalue weighted by Crippen LogP contribution is -2.40. The summed E-state index contributed by atoms with van der Waals surface area (Å²) in [6.07, 6.45) is -4.65. The van der Waals surface area contributed by atoms with Crippen LogP contribution >= 0.6 is 15.9 Å². The topological polar surface area (TPSA) is 36.9 Å². The quantitative estimate of drug-likeness (QED) is 0.822. The second-order valence-corrected chi connectivity index (χ2v) is 3.16. The van der Waals surface area contributed by atoms with Crippen molar-refractivity contribution >= 4 is 21.6 Å². The van der Waals surface area contributed by atoms with E-state index in [0.29, 0.717) is 10.2 Å². The predicted octanol–water partition coefficient (Wildman–Crippen LogP) is 2.22. The van der Waals surface area contributed by atoms with E-state index in [2.05, 4.69) is 26.4 Å². The van der Waals surface area contributed by atoms with Gasteiger partial charge in [-0.2, -0.15) is 0 Å². The standard InChI is InChI=1S/C7H5BrF3NO/c8-5-3-4(1-2-6(5)12)13-7(9,10)11/h1-3H,12H2/p+1. The zero-order valence-corrected chi connectivity index (χ0v) is 7.95. The van der Waals surface area contributed by atoms with Crippen LogP contribution in [0.5, 0.6) is 5.75 Å². The number of quaternary nitrogens is 1. The molecule has 13 heavy (non-hydrogen) atoms. The van der Waals surface area contributed by atoms with Crippen molar-refractivity contribution in [2.24, 2.45) is 0 Å². The zero-order chi connectivity index (χ0) is 10.1. The van der Waals surface area contributed by atoms with Gasteiger partial charge in [0.25, 0.3) is 0 Å². The van der Waals surface area contributed by atoms with E-state index in [1.807, 2.05) is 0 Å². The predicted molar refractivity (Wildman–Crippen MR) is 43.4 cm³/mol. The monoisotopic (exact) mass is 256 g/mol. The van der Waals surface area contributed by atoms with Crippen molar-refractivity contribution in [1.82, 2.24) is 0 Å². The van der Waals surface area contributed by atoms with E-state index >= 15 is 0 Å². The van der Waals surface area contributed by atoms with Crippen molar-refractivity contribution in [1.29, 1.82) is 0 Å². The van der Waals surface area contributed by atoms with Crippen LogP contribution in [-0.2, 0) is 0 Å². The molecule has 0 aliphatic carbocycles. The van der Waals surface area contributed by atoms with Gasteiger partial charge < -0.3 is 10.5 Å². The Morgan fingerprint density at radius 1 is 1.31 bits per heavy atom. The van der Waals surface area contributed by atoms with E-state index < -0.39 is 6.36 Å². The molecule has 3 N–H and O–H groups in total. The third-order valence-electron chi connectivity index (χ3n) is 1.26. The molecule has 0 saturated heterocycles. The maximum absolute atomic E-state index is 11.7. The average Bonchev–Trinajstić information content (AvgIpc) is 1.94. The van der Waals surface area contributed by atoms with Gasteiger partial charge in [-0.3, -0.25) is 0 Å². The van der Waals surface area contributed by atoms with E-state index in [4.69, 9.17) is 0 Å². The van der Waals surface area contributed by atoms with Crippen LogP contribution in [0, 0.1) is 0 Å². The fourth-order valence-corrected chi connectivity index (χ4v) is 1.08. The summed E-state index contributed by atoms with van der Waals surface area (Å²) in [7, 11) is 0. The van der Waals surface area contributed by atoms with Gasteiger partial charge in [0.15, 0.2) is 0 Å². The first-order chi connectivity index (χ1) is 5.88. The molecule has 0 saturated carbocycles. The molecule has 72 valence electrons. The molecule has 0 heterocycles. The Morgan fingerprint density at radius 3 is 2.38 bits per heavy atom. The summed E-state index contributed by atoms with van der Waals surface area (Å²) < 4.78 is 39.3. The summed E-state index contributed by atoms with van der Waals surface area (Å²) in [5, 5.41) is 0. The SMILES string of the molecule is [NH3+]c1ccc(OC(F)(F)F)cc1Br. The van der Waals surface area contributed by atoms with E-state index in [9.17, 15) is 13.2 Å². The number of hydrogen-bond donors (Lipinski definition) is 1. The summed E-state index contributed by atoms with van der Waals surface area (Å²) in [5.41, 5.74) is 4.18. The molecule has 0 amide bonds. The summed E-state index contributed by atoms with van der Waals surface area (Å²) >= 11 is 3.04. The first kappa shape index (κ1) is 10.3. The molecular formula is C7H6BrF3NO+. The fourth-order valence-electron chi connectivity index (χ4n) is 0.725. The largest absolute Gasteiger partial charge is 0.573 e. The van der Waals surface area contributed by atoms with Crippen molar-refractivity contribution in [3.05, 3.63) is 22.7 Å². The lowest BCUT2D eigenvalue weighted by Gasteiger charge is -2.08. The van der Waals surface area contributed by atoms with Crippen LogP contribution in [0.15, 0.2) is 22.7 Å². The van der Waals surface area contributed by atoms with Crippen LogP contribution in [0.1, 0.15) is 0 Å². The van der Waals surface area contributed by atoms with Gasteiger partial charge in [-0.1, -0.05) is 0 Å². The number of halogens is 4. The summed E-state index contributed by atoms with van der Waals surface area (Å²) in [4.78, 5) is 0. The van der Waals surface area contributed by atoms with Crippen molar-refractivity contribution in [3.8, 4) is 5.75 Å². The number of ether oxygens (including phenoxy) is 1. The van der Waals surface area contributed by atoms with Gasteiger partial charge in [-0.25, -0.2) is 0 Å². The smallest absolute Gasteiger partial charge is 0.406 e. The van der Waals surface area contributed by atoms with Gasteiger partial charge in [0.2, 0.25) is 0 Å². The molecule has 0 fully saturated rings. The van der Waals surface area contributed by atoms with Gasteiger partial charge in [0, 0.05) is 12.1 Å². The Balaban J connectivity index is 2.86. The fraction of sp³-hybridized carbons (Fsp3) is 0.143. The first-order valence-electron chi connectivity index (χ1n) is 3.26. The van der Waals surface area contributed by atoms with Crippen LogP contribution in [0.3, 0.4) is 0 Å². The van der Waals surface area contributed by atoms with Gasteiger partial charge in [-0.05, 0) is 22.0 Å². The maximum atomic E-state index is 11.7. The van der Waals surface area contributed by atoms with Crippen molar-refractivity contribution in [2.45, 2.75) is 6.36 Å².